The van der Waals surface area contributed by atoms with E-state index in [1.165, 1.54) is 16.5 Å². The Balaban J connectivity index is 1.68. The molecule has 2 unspecified atom stereocenters. The number of hydrogen-bond acceptors (Lipinski definition) is 1. The largest absolute Gasteiger partial charge is 0.294 e. The minimum absolute atomic E-state index is 0.0939. The van der Waals surface area contributed by atoms with Gasteiger partial charge in [-0.15, -0.1) is 0 Å². The molecule has 0 aliphatic heterocycles. The van der Waals surface area contributed by atoms with Crippen molar-refractivity contribution in [1.29, 1.82) is 0 Å². The summed E-state index contributed by atoms with van der Waals surface area (Å²) in [5, 5.41) is 3.00. The number of benzene rings is 2. The van der Waals surface area contributed by atoms with Gasteiger partial charge in [0.1, 0.15) is 0 Å². The first-order chi connectivity index (χ1) is 10.7. The second-order valence-corrected chi connectivity index (χ2v) is 7.60. The molecule has 0 aromatic heterocycles. The zero-order chi connectivity index (χ0) is 14.9. The summed E-state index contributed by atoms with van der Waals surface area (Å²) in [5.41, 5.74) is 3.60. The van der Waals surface area contributed by atoms with Crippen molar-refractivity contribution in [3.8, 4) is 0 Å². The van der Waals surface area contributed by atoms with Crippen molar-refractivity contribution < 1.29 is 4.79 Å². The molecule has 1 spiro atoms. The van der Waals surface area contributed by atoms with Crippen molar-refractivity contribution in [3.63, 3.8) is 0 Å². The first-order valence-electron chi connectivity index (χ1n) is 8.11. The Hall–Kier alpha value is -1.60. The number of hydrogen-bond donors (Lipinski definition) is 0. The maximum absolute atomic E-state index is 13.3. The first kappa shape index (κ1) is 12.9. The SMILES string of the molecule is O=C1c2cc3cc(Cl)ccc3cc2CCC12CC1=CCC2C1. The van der Waals surface area contributed by atoms with Crippen LogP contribution in [0.1, 0.15) is 41.6 Å². The van der Waals surface area contributed by atoms with Crippen LogP contribution in [0.4, 0.5) is 0 Å². The van der Waals surface area contributed by atoms with Crippen LogP contribution in [0, 0.1) is 11.3 Å². The molecule has 2 atom stereocenters. The number of halogens is 1. The van der Waals surface area contributed by atoms with Crippen LogP contribution in [0.15, 0.2) is 42.0 Å². The maximum Gasteiger partial charge on any atom is 0.169 e. The summed E-state index contributed by atoms with van der Waals surface area (Å²) < 4.78 is 0. The fourth-order valence-electron chi connectivity index (χ4n) is 4.94. The van der Waals surface area contributed by atoms with Gasteiger partial charge in [-0.25, -0.2) is 0 Å². The highest BCUT2D eigenvalue weighted by Gasteiger charge is 2.53. The van der Waals surface area contributed by atoms with E-state index < -0.39 is 0 Å². The van der Waals surface area contributed by atoms with Crippen molar-refractivity contribution in [2.75, 3.05) is 0 Å². The molecule has 0 amide bonds. The first-order valence-corrected chi connectivity index (χ1v) is 8.48. The number of rotatable bonds is 0. The monoisotopic (exact) mass is 308 g/mol. The van der Waals surface area contributed by atoms with Gasteiger partial charge in [0, 0.05) is 16.0 Å². The molecule has 1 fully saturated rings. The summed E-state index contributed by atoms with van der Waals surface area (Å²) in [7, 11) is 0. The summed E-state index contributed by atoms with van der Waals surface area (Å²) in [6, 6.07) is 10.2. The molecule has 22 heavy (non-hydrogen) atoms. The molecule has 2 aromatic carbocycles. The van der Waals surface area contributed by atoms with Crippen molar-refractivity contribution in [2.24, 2.45) is 11.3 Å². The zero-order valence-corrected chi connectivity index (χ0v) is 13.1. The number of carbonyl (C=O) groups is 1. The van der Waals surface area contributed by atoms with Crippen LogP contribution in [-0.4, -0.2) is 5.78 Å². The average Bonchev–Trinajstić information content (AvgIpc) is 3.11. The Morgan fingerprint density at radius 3 is 2.82 bits per heavy atom. The maximum atomic E-state index is 13.3. The van der Waals surface area contributed by atoms with E-state index in [0.717, 1.165) is 48.1 Å². The molecule has 0 saturated heterocycles. The second-order valence-electron chi connectivity index (χ2n) is 7.16. The molecular weight excluding hydrogens is 292 g/mol. The molecule has 3 aliphatic carbocycles. The fraction of sp³-hybridized carbons (Fsp3) is 0.350. The van der Waals surface area contributed by atoms with E-state index in [9.17, 15) is 4.79 Å². The molecule has 0 heterocycles. The zero-order valence-electron chi connectivity index (χ0n) is 12.4. The lowest BCUT2D eigenvalue weighted by molar-refractivity contribution is 0.0671. The lowest BCUT2D eigenvalue weighted by Gasteiger charge is -2.38. The summed E-state index contributed by atoms with van der Waals surface area (Å²) in [6.45, 7) is 0. The molecule has 0 N–H and O–H groups in total. The van der Waals surface area contributed by atoms with Crippen LogP contribution in [-0.2, 0) is 6.42 Å². The lowest BCUT2D eigenvalue weighted by Crippen LogP contribution is -2.39. The smallest absolute Gasteiger partial charge is 0.169 e. The van der Waals surface area contributed by atoms with Gasteiger partial charge in [0.25, 0.3) is 0 Å². The van der Waals surface area contributed by atoms with E-state index in [1.54, 1.807) is 0 Å². The van der Waals surface area contributed by atoms with Crippen LogP contribution in [0.25, 0.3) is 10.8 Å². The molecule has 5 rings (SSSR count). The average molecular weight is 309 g/mol. The van der Waals surface area contributed by atoms with Gasteiger partial charge in [-0.3, -0.25) is 4.79 Å². The summed E-state index contributed by atoms with van der Waals surface area (Å²) in [6.07, 6.45) is 7.68. The van der Waals surface area contributed by atoms with Gasteiger partial charge in [0.2, 0.25) is 0 Å². The van der Waals surface area contributed by atoms with Crippen LogP contribution in [0.3, 0.4) is 0 Å². The highest BCUT2D eigenvalue weighted by Crippen LogP contribution is 2.58. The molecule has 1 saturated carbocycles. The molecule has 110 valence electrons. The molecule has 3 aliphatic rings. The molecule has 1 nitrogen and oxygen atoms in total. The molecule has 2 heteroatoms. The molecule has 0 radical (unpaired) electrons. The Morgan fingerprint density at radius 2 is 2.05 bits per heavy atom. The van der Waals surface area contributed by atoms with Crippen molar-refractivity contribution in [1.82, 2.24) is 0 Å². The topological polar surface area (TPSA) is 17.1 Å². The van der Waals surface area contributed by atoms with Crippen LogP contribution in [0.5, 0.6) is 0 Å². The van der Waals surface area contributed by atoms with Crippen molar-refractivity contribution in [2.45, 2.75) is 32.1 Å². The summed E-state index contributed by atoms with van der Waals surface area (Å²) in [5.74, 6) is 0.946. The minimum atomic E-state index is -0.0939. The molecular formula is C20H17ClO. The highest BCUT2D eigenvalue weighted by atomic mass is 35.5. The van der Waals surface area contributed by atoms with E-state index in [-0.39, 0.29) is 5.41 Å². The van der Waals surface area contributed by atoms with E-state index in [1.807, 2.05) is 12.1 Å². The number of carbonyl (C=O) groups excluding carboxylic acids is 1. The second kappa shape index (κ2) is 4.23. The standard InChI is InChI=1S/C20H17ClO/c21-17-4-2-13-8-14-5-6-20(11-12-1-3-16(20)7-12)19(22)18(14)10-15(13)9-17/h1-2,4,8-10,16H,3,5-7,11H2. The molecule has 2 aromatic rings. The van der Waals surface area contributed by atoms with Gasteiger partial charge < -0.3 is 0 Å². The third-order valence-electron chi connectivity index (χ3n) is 6.09. The third kappa shape index (κ3) is 1.58. The van der Waals surface area contributed by atoms with Gasteiger partial charge in [-0.2, -0.15) is 0 Å². The number of aryl methyl sites for hydroxylation is 1. The quantitative estimate of drug-likeness (QED) is 0.600. The van der Waals surface area contributed by atoms with Gasteiger partial charge >= 0.3 is 0 Å². The normalized spacial score (nSPS) is 29.2. The fourth-order valence-corrected chi connectivity index (χ4v) is 5.12. The third-order valence-corrected chi connectivity index (χ3v) is 6.32. The van der Waals surface area contributed by atoms with E-state index in [0.29, 0.717) is 11.7 Å². The minimum Gasteiger partial charge on any atom is -0.294 e. The predicted octanol–water partition coefficient (Wildman–Crippen LogP) is 5.35. The van der Waals surface area contributed by atoms with Gasteiger partial charge in [0.15, 0.2) is 5.78 Å². The van der Waals surface area contributed by atoms with Crippen LogP contribution >= 0.6 is 11.6 Å². The molecule has 2 bridgehead atoms. The Bertz CT molecular complexity index is 863. The van der Waals surface area contributed by atoms with E-state index in [4.69, 9.17) is 11.6 Å². The predicted molar refractivity (Wildman–Crippen MR) is 89.5 cm³/mol. The van der Waals surface area contributed by atoms with Gasteiger partial charge in [-0.05, 0) is 72.6 Å². The highest BCUT2D eigenvalue weighted by molar-refractivity contribution is 6.31. The number of Topliss-reactive ketones (excluding diaryl/α,β-unsaturated/α-hetero) is 1. The number of allylic oxidation sites excluding steroid dienone is 2. The van der Waals surface area contributed by atoms with Crippen molar-refractivity contribution in [3.05, 3.63) is 58.1 Å². The Morgan fingerprint density at radius 1 is 1.14 bits per heavy atom. The van der Waals surface area contributed by atoms with Gasteiger partial charge in [0.05, 0.1) is 0 Å². The van der Waals surface area contributed by atoms with E-state index in [2.05, 4.69) is 24.3 Å². The number of ketones is 1. The van der Waals surface area contributed by atoms with Crippen LogP contribution in [0.2, 0.25) is 5.02 Å². The van der Waals surface area contributed by atoms with E-state index >= 15 is 0 Å². The summed E-state index contributed by atoms with van der Waals surface area (Å²) >= 11 is 6.12. The van der Waals surface area contributed by atoms with Crippen LogP contribution < -0.4 is 0 Å². The lowest BCUT2D eigenvalue weighted by atomic mass is 9.63. The Kier molecular flexibility index (Phi) is 2.48. The Labute approximate surface area is 135 Å². The van der Waals surface area contributed by atoms with Crippen molar-refractivity contribution >= 4 is 28.2 Å². The number of fused-ring (bicyclic) bond motifs is 5. The summed E-state index contributed by atoms with van der Waals surface area (Å²) in [4.78, 5) is 13.3. The van der Waals surface area contributed by atoms with Gasteiger partial charge in [-0.1, -0.05) is 35.4 Å².